The Morgan fingerprint density at radius 2 is 2.10 bits per heavy atom. The Hall–Kier alpha value is -1.08. The van der Waals surface area contributed by atoms with E-state index in [2.05, 4.69) is 4.98 Å². The standard InChI is InChI=1S/C13H20N2O3S2/c1-8(2)12(13(17)18)20-7-9-6-19-10(14-9)5-11(16)15(3)4/h6,8,12H,5,7H2,1-4H3,(H,17,18). The number of hydrogen-bond donors (Lipinski definition) is 1. The molecule has 7 heteroatoms. The van der Waals surface area contributed by atoms with Crippen molar-refractivity contribution in [3.63, 3.8) is 0 Å². The minimum absolute atomic E-state index is 0.0177. The Balaban J connectivity index is 2.56. The van der Waals surface area contributed by atoms with E-state index in [4.69, 9.17) is 5.11 Å². The van der Waals surface area contributed by atoms with Gasteiger partial charge in [0.15, 0.2) is 0 Å². The minimum Gasteiger partial charge on any atom is -0.480 e. The fourth-order valence-corrected chi connectivity index (χ4v) is 3.42. The summed E-state index contributed by atoms with van der Waals surface area (Å²) in [5.41, 5.74) is 0.841. The fourth-order valence-electron chi connectivity index (χ4n) is 1.51. The molecular formula is C13H20N2O3S2. The minimum atomic E-state index is -0.789. The van der Waals surface area contributed by atoms with Crippen molar-refractivity contribution in [2.45, 2.75) is 31.3 Å². The molecule has 0 aromatic carbocycles. The third-order valence-electron chi connectivity index (χ3n) is 2.66. The maximum atomic E-state index is 11.6. The van der Waals surface area contributed by atoms with Crippen LogP contribution in [0.3, 0.4) is 0 Å². The number of carboxylic acids is 1. The third kappa shape index (κ3) is 5.13. The van der Waals surface area contributed by atoms with Crippen LogP contribution in [-0.4, -0.2) is 46.2 Å². The third-order valence-corrected chi connectivity index (χ3v) is 5.13. The Labute approximate surface area is 127 Å². The average Bonchev–Trinajstić information content (AvgIpc) is 2.75. The van der Waals surface area contributed by atoms with Crippen LogP contribution in [-0.2, 0) is 21.8 Å². The molecule has 1 heterocycles. The molecule has 1 amide bonds. The number of rotatable bonds is 7. The van der Waals surface area contributed by atoms with Gasteiger partial charge in [0.2, 0.25) is 5.91 Å². The Bertz CT molecular complexity index is 472. The van der Waals surface area contributed by atoms with E-state index in [0.29, 0.717) is 12.2 Å². The topological polar surface area (TPSA) is 70.5 Å². The second-order valence-corrected chi connectivity index (χ2v) is 7.08. The zero-order chi connectivity index (χ0) is 15.3. The van der Waals surface area contributed by atoms with Crippen LogP contribution in [0.25, 0.3) is 0 Å². The number of likely N-dealkylation sites (N-methyl/N-ethyl adjacent to an activating group) is 1. The molecule has 0 aliphatic carbocycles. The van der Waals surface area contributed by atoms with Crippen molar-refractivity contribution in [3.05, 3.63) is 16.1 Å². The summed E-state index contributed by atoms with van der Waals surface area (Å²) < 4.78 is 0. The van der Waals surface area contributed by atoms with E-state index in [0.717, 1.165) is 10.7 Å². The average molecular weight is 316 g/mol. The lowest BCUT2D eigenvalue weighted by Crippen LogP contribution is -2.23. The largest absolute Gasteiger partial charge is 0.480 e. The zero-order valence-electron chi connectivity index (χ0n) is 12.1. The molecule has 112 valence electrons. The van der Waals surface area contributed by atoms with Crippen molar-refractivity contribution in [3.8, 4) is 0 Å². The van der Waals surface area contributed by atoms with E-state index in [-0.39, 0.29) is 11.8 Å². The van der Waals surface area contributed by atoms with Gasteiger partial charge in [-0.25, -0.2) is 4.98 Å². The van der Waals surface area contributed by atoms with Gasteiger partial charge in [0.05, 0.1) is 12.1 Å². The van der Waals surface area contributed by atoms with Crippen LogP contribution in [0.2, 0.25) is 0 Å². The molecule has 1 atom stereocenters. The SMILES string of the molecule is CC(C)C(SCc1csc(CC(=O)N(C)C)n1)C(=O)O. The number of aliphatic carboxylic acids is 1. The first-order valence-corrected chi connectivity index (χ1v) is 8.22. The molecule has 0 radical (unpaired) electrons. The Morgan fingerprint density at radius 1 is 1.45 bits per heavy atom. The number of hydrogen-bond acceptors (Lipinski definition) is 5. The lowest BCUT2D eigenvalue weighted by molar-refractivity contribution is -0.137. The highest BCUT2D eigenvalue weighted by Gasteiger charge is 2.22. The zero-order valence-corrected chi connectivity index (χ0v) is 13.8. The molecule has 5 nitrogen and oxygen atoms in total. The fraction of sp³-hybridized carbons (Fsp3) is 0.615. The monoisotopic (exact) mass is 316 g/mol. The smallest absolute Gasteiger partial charge is 0.316 e. The summed E-state index contributed by atoms with van der Waals surface area (Å²) in [7, 11) is 3.43. The van der Waals surface area contributed by atoms with Crippen molar-refractivity contribution in [1.29, 1.82) is 0 Å². The number of nitrogens with zero attached hydrogens (tertiary/aromatic N) is 2. The van der Waals surface area contributed by atoms with E-state index in [1.54, 1.807) is 14.1 Å². The number of thioether (sulfide) groups is 1. The first-order valence-electron chi connectivity index (χ1n) is 6.29. The summed E-state index contributed by atoms with van der Waals surface area (Å²) in [5, 5.41) is 11.4. The van der Waals surface area contributed by atoms with Crippen LogP contribution in [0.5, 0.6) is 0 Å². The Kier molecular flexibility index (Phi) is 6.48. The van der Waals surface area contributed by atoms with Crippen LogP contribution < -0.4 is 0 Å². The summed E-state index contributed by atoms with van der Waals surface area (Å²) in [4.78, 5) is 28.6. The highest BCUT2D eigenvalue weighted by Crippen LogP contribution is 2.25. The van der Waals surface area contributed by atoms with Crippen LogP contribution in [0, 0.1) is 5.92 Å². The normalized spacial score (nSPS) is 12.4. The number of carboxylic acid groups (broad SMARTS) is 1. The van der Waals surface area contributed by atoms with Crippen molar-refractivity contribution in [2.75, 3.05) is 14.1 Å². The Morgan fingerprint density at radius 3 is 2.60 bits per heavy atom. The lowest BCUT2D eigenvalue weighted by Gasteiger charge is -2.14. The summed E-state index contributed by atoms with van der Waals surface area (Å²) in [6.07, 6.45) is 0.300. The van der Waals surface area contributed by atoms with Gasteiger partial charge in [0, 0.05) is 25.2 Å². The van der Waals surface area contributed by atoms with E-state index < -0.39 is 11.2 Å². The molecule has 1 rings (SSSR count). The van der Waals surface area contributed by atoms with Crippen molar-refractivity contribution >= 4 is 35.0 Å². The number of carbonyl (C=O) groups is 2. The maximum absolute atomic E-state index is 11.6. The molecule has 0 spiro atoms. The van der Waals surface area contributed by atoms with Gasteiger partial charge in [0.25, 0.3) is 0 Å². The van der Waals surface area contributed by atoms with Crippen LogP contribution in [0.4, 0.5) is 0 Å². The van der Waals surface area contributed by atoms with E-state index in [1.807, 2.05) is 19.2 Å². The molecule has 1 aromatic heterocycles. The van der Waals surface area contributed by atoms with Gasteiger partial charge in [-0.3, -0.25) is 9.59 Å². The van der Waals surface area contributed by atoms with Crippen LogP contribution in [0.1, 0.15) is 24.5 Å². The van der Waals surface area contributed by atoms with E-state index in [9.17, 15) is 9.59 Å². The summed E-state index contributed by atoms with van der Waals surface area (Å²) in [5.74, 6) is -0.139. The van der Waals surface area contributed by atoms with Crippen LogP contribution in [0.15, 0.2) is 5.38 Å². The summed E-state index contributed by atoms with van der Waals surface area (Å²) >= 11 is 2.82. The molecule has 20 heavy (non-hydrogen) atoms. The first kappa shape index (κ1) is 17.0. The molecule has 0 aliphatic heterocycles. The lowest BCUT2D eigenvalue weighted by atomic mass is 10.1. The van der Waals surface area contributed by atoms with Gasteiger partial charge in [-0.05, 0) is 5.92 Å². The highest BCUT2D eigenvalue weighted by atomic mass is 32.2. The number of amides is 1. The number of aromatic nitrogens is 1. The molecule has 0 bridgehead atoms. The molecule has 1 unspecified atom stereocenters. The van der Waals surface area contributed by atoms with E-state index >= 15 is 0 Å². The highest BCUT2D eigenvalue weighted by molar-refractivity contribution is 7.99. The van der Waals surface area contributed by atoms with Gasteiger partial charge >= 0.3 is 5.97 Å². The second-order valence-electron chi connectivity index (χ2n) is 5.01. The molecular weight excluding hydrogens is 296 g/mol. The summed E-state index contributed by atoms with van der Waals surface area (Å²) in [6, 6.07) is 0. The van der Waals surface area contributed by atoms with Gasteiger partial charge < -0.3 is 10.0 Å². The van der Waals surface area contributed by atoms with Crippen molar-refractivity contribution < 1.29 is 14.7 Å². The second kappa shape index (κ2) is 7.64. The molecule has 0 fully saturated rings. The quantitative estimate of drug-likeness (QED) is 0.834. The van der Waals surface area contributed by atoms with Gasteiger partial charge in [-0.1, -0.05) is 13.8 Å². The molecule has 0 saturated carbocycles. The van der Waals surface area contributed by atoms with Crippen molar-refractivity contribution in [1.82, 2.24) is 9.88 Å². The predicted molar refractivity (Wildman–Crippen MR) is 82.1 cm³/mol. The number of carbonyl (C=O) groups excluding carboxylic acids is 1. The van der Waals surface area contributed by atoms with E-state index in [1.165, 1.54) is 28.0 Å². The molecule has 0 aliphatic rings. The predicted octanol–water partition coefficient (Wildman–Crippen LogP) is 2.12. The van der Waals surface area contributed by atoms with Gasteiger partial charge in [0.1, 0.15) is 10.3 Å². The first-order chi connectivity index (χ1) is 9.31. The summed E-state index contributed by atoms with van der Waals surface area (Å²) in [6.45, 7) is 3.79. The molecule has 0 saturated heterocycles. The molecule has 1 aromatic rings. The maximum Gasteiger partial charge on any atom is 0.316 e. The van der Waals surface area contributed by atoms with Crippen molar-refractivity contribution in [2.24, 2.45) is 5.92 Å². The van der Waals surface area contributed by atoms with Gasteiger partial charge in [-0.2, -0.15) is 0 Å². The number of thiazole rings is 1. The molecule has 1 N–H and O–H groups in total. The van der Waals surface area contributed by atoms with Crippen LogP contribution >= 0.6 is 23.1 Å². The van der Waals surface area contributed by atoms with Gasteiger partial charge in [-0.15, -0.1) is 23.1 Å².